The normalized spacial score (nSPS) is 26.9. The maximum Gasteiger partial charge on any atom is 0.146 e. The third kappa shape index (κ3) is 5.32. The molecule has 1 aromatic rings. The van der Waals surface area contributed by atoms with Crippen molar-refractivity contribution in [1.82, 2.24) is 19.6 Å². The van der Waals surface area contributed by atoms with Crippen molar-refractivity contribution in [2.45, 2.75) is 57.7 Å². The number of benzene rings is 1. The molecule has 0 amide bonds. The molecule has 27 heavy (non-hydrogen) atoms. The Hall–Kier alpha value is -0.940. The van der Waals surface area contributed by atoms with Crippen LogP contribution in [0.25, 0.3) is 0 Å². The summed E-state index contributed by atoms with van der Waals surface area (Å²) in [6.45, 7) is 15.7. The Morgan fingerprint density at radius 2 is 1.74 bits per heavy atom. The Kier molecular flexibility index (Phi) is 6.82. The first-order valence-electron chi connectivity index (χ1n) is 11.1. The van der Waals surface area contributed by atoms with Gasteiger partial charge in [0.2, 0.25) is 0 Å². The van der Waals surface area contributed by atoms with Crippen molar-refractivity contribution in [3.8, 4) is 0 Å². The molecule has 0 saturated carbocycles. The quantitative estimate of drug-likeness (QED) is 0.733. The van der Waals surface area contributed by atoms with Gasteiger partial charge < -0.3 is 4.90 Å². The van der Waals surface area contributed by atoms with Crippen LogP contribution in [0.15, 0.2) is 30.3 Å². The third-order valence-electron chi connectivity index (χ3n) is 6.69. The summed E-state index contributed by atoms with van der Waals surface area (Å²) in [4.78, 5) is 10.2. The van der Waals surface area contributed by atoms with Crippen LogP contribution in [0.2, 0.25) is 0 Å². The molecular formula is C23H36N4. The van der Waals surface area contributed by atoms with Gasteiger partial charge >= 0.3 is 0 Å². The van der Waals surface area contributed by atoms with E-state index < -0.39 is 0 Å². The van der Waals surface area contributed by atoms with E-state index >= 15 is 0 Å². The van der Waals surface area contributed by atoms with Crippen molar-refractivity contribution >= 4 is 0 Å². The topological polar surface area (TPSA) is 13.0 Å². The summed E-state index contributed by atoms with van der Waals surface area (Å²) < 4.78 is 0. The molecule has 0 bridgehead atoms. The number of piperidine rings is 1. The van der Waals surface area contributed by atoms with E-state index in [1.807, 2.05) is 0 Å². The highest BCUT2D eigenvalue weighted by Gasteiger charge is 2.30. The molecule has 148 valence electrons. The van der Waals surface area contributed by atoms with Crippen molar-refractivity contribution in [2.75, 3.05) is 45.8 Å². The average Bonchev–Trinajstić information content (AvgIpc) is 3.33. The largest absolute Gasteiger partial charge is 0.301 e. The van der Waals surface area contributed by atoms with Crippen LogP contribution in [0.1, 0.15) is 44.6 Å². The van der Waals surface area contributed by atoms with Crippen LogP contribution >= 0.6 is 0 Å². The van der Waals surface area contributed by atoms with Gasteiger partial charge in [-0.05, 0) is 70.8 Å². The standard InChI is InChI=1S/C23H36N4/c1-21-7-5-13-26(21)14-6-12-25-17-18-27(20-25)23-10-15-24(16-11-23)19-22-8-3-2-4-9-22/h2-4,8-9,21,23H,5-7,10-19H2,1H3. The molecule has 0 aromatic heterocycles. The van der Waals surface area contributed by atoms with E-state index in [9.17, 15) is 0 Å². The van der Waals surface area contributed by atoms with Crippen LogP contribution in [-0.2, 0) is 6.54 Å². The van der Waals surface area contributed by atoms with E-state index in [-0.39, 0.29) is 0 Å². The number of likely N-dealkylation sites (tertiary alicyclic amines) is 2. The lowest BCUT2D eigenvalue weighted by Crippen LogP contribution is -2.43. The molecule has 4 rings (SSSR count). The molecule has 3 heterocycles. The van der Waals surface area contributed by atoms with Crippen molar-refractivity contribution in [2.24, 2.45) is 0 Å². The first kappa shape index (κ1) is 19.4. The second kappa shape index (κ2) is 9.51. The molecule has 1 unspecified atom stereocenters. The van der Waals surface area contributed by atoms with Gasteiger partial charge in [-0.1, -0.05) is 30.3 Å². The smallest absolute Gasteiger partial charge is 0.146 e. The highest BCUT2D eigenvalue weighted by Crippen LogP contribution is 2.23. The van der Waals surface area contributed by atoms with E-state index in [4.69, 9.17) is 0 Å². The first-order valence-corrected chi connectivity index (χ1v) is 11.1. The van der Waals surface area contributed by atoms with Crippen molar-refractivity contribution in [3.05, 3.63) is 42.6 Å². The molecule has 0 N–H and O–H groups in total. The van der Waals surface area contributed by atoms with Crippen molar-refractivity contribution in [3.63, 3.8) is 0 Å². The molecule has 0 aliphatic carbocycles. The number of hydrogen-bond donors (Lipinski definition) is 0. The zero-order chi connectivity index (χ0) is 18.5. The number of nitrogens with zero attached hydrogens (tertiary/aromatic N) is 4. The van der Waals surface area contributed by atoms with E-state index in [2.05, 4.69) is 63.5 Å². The summed E-state index contributed by atoms with van der Waals surface area (Å²) >= 11 is 0. The summed E-state index contributed by atoms with van der Waals surface area (Å²) in [6.07, 6.45) is 6.61. The van der Waals surface area contributed by atoms with Gasteiger partial charge in [0.05, 0.1) is 0 Å². The molecule has 3 aliphatic heterocycles. The fourth-order valence-electron chi connectivity index (χ4n) is 4.96. The molecule has 0 spiro atoms. The summed E-state index contributed by atoms with van der Waals surface area (Å²) in [5, 5.41) is 0. The van der Waals surface area contributed by atoms with Gasteiger partial charge in [-0.2, -0.15) is 0 Å². The lowest BCUT2D eigenvalue weighted by atomic mass is 10.0. The lowest BCUT2D eigenvalue weighted by Gasteiger charge is -2.36. The van der Waals surface area contributed by atoms with Gasteiger partial charge in [0.15, 0.2) is 0 Å². The minimum absolute atomic E-state index is 0.695. The Morgan fingerprint density at radius 3 is 2.48 bits per heavy atom. The fourth-order valence-corrected chi connectivity index (χ4v) is 4.96. The van der Waals surface area contributed by atoms with Gasteiger partial charge in [-0.15, -0.1) is 0 Å². The first-order chi connectivity index (χ1) is 13.3. The Morgan fingerprint density at radius 1 is 0.926 bits per heavy atom. The predicted octanol–water partition coefficient (Wildman–Crippen LogP) is 3.14. The zero-order valence-electron chi connectivity index (χ0n) is 17.0. The van der Waals surface area contributed by atoms with Crippen LogP contribution in [0, 0.1) is 6.67 Å². The van der Waals surface area contributed by atoms with E-state index in [0.717, 1.165) is 12.6 Å². The highest BCUT2D eigenvalue weighted by atomic mass is 15.4. The molecule has 4 heteroatoms. The van der Waals surface area contributed by atoms with Crippen molar-refractivity contribution in [1.29, 1.82) is 0 Å². The van der Waals surface area contributed by atoms with Gasteiger partial charge in [-0.3, -0.25) is 14.7 Å². The Bertz CT molecular complexity index is 555. The molecule has 3 saturated heterocycles. The summed E-state index contributed by atoms with van der Waals surface area (Å²) in [5.41, 5.74) is 1.44. The summed E-state index contributed by atoms with van der Waals surface area (Å²) in [7, 11) is 0. The minimum atomic E-state index is 0.695. The van der Waals surface area contributed by atoms with E-state index in [1.54, 1.807) is 0 Å². The van der Waals surface area contributed by atoms with Gasteiger partial charge in [-0.25, -0.2) is 0 Å². The predicted molar refractivity (Wildman–Crippen MR) is 111 cm³/mol. The molecule has 1 atom stereocenters. The van der Waals surface area contributed by atoms with Crippen LogP contribution in [0.3, 0.4) is 0 Å². The average molecular weight is 369 g/mol. The third-order valence-corrected chi connectivity index (χ3v) is 6.69. The number of rotatable bonds is 7. The minimum Gasteiger partial charge on any atom is -0.301 e. The molecule has 1 aromatic carbocycles. The van der Waals surface area contributed by atoms with Crippen LogP contribution in [0.5, 0.6) is 0 Å². The van der Waals surface area contributed by atoms with E-state index in [1.165, 1.54) is 83.5 Å². The molecular weight excluding hydrogens is 332 g/mol. The lowest BCUT2D eigenvalue weighted by molar-refractivity contribution is 0.130. The summed E-state index contributed by atoms with van der Waals surface area (Å²) in [5.74, 6) is 0. The van der Waals surface area contributed by atoms with Gasteiger partial charge in [0.1, 0.15) is 6.67 Å². The van der Waals surface area contributed by atoms with Gasteiger partial charge in [0.25, 0.3) is 0 Å². The molecule has 3 fully saturated rings. The Balaban J connectivity index is 1.13. The monoisotopic (exact) mass is 368 g/mol. The molecule has 3 aliphatic rings. The van der Waals surface area contributed by atoms with Crippen molar-refractivity contribution < 1.29 is 0 Å². The molecule has 4 nitrogen and oxygen atoms in total. The summed E-state index contributed by atoms with van der Waals surface area (Å²) in [6, 6.07) is 12.4. The maximum absolute atomic E-state index is 3.69. The maximum atomic E-state index is 3.69. The number of hydrogen-bond acceptors (Lipinski definition) is 4. The Labute approximate surface area is 166 Å². The fraction of sp³-hybridized carbons (Fsp3) is 0.696. The van der Waals surface area contributed by atoms with Crippen LogP contribution in [-0.4, -0.2) is 77.5 Å². The SMILES string of the molecule is CC1CCCN1CCCN1[C]N(C2CCN(Cc3ccccc3)CC2)CC1. The highest BCUT2D eigenvalue weighted by molar-refractivity contribution is 5.14. The van der Waals surface area contributed by atoms with Crippen LogP contribution < -0.4 is 0 Å². The molecule has 2 radical (unpaired) electrons. The van der Waals surface area contributed by atoms with Crippen LogP contribution in [0.4, 0.5) is 0 Å². The van der Waals surface area contributed by atoms with Gasteiger partial charge in [0, 0.05) is 38.3 Å². The second-order valence-electron chi connectivity index (χ2n) is 8.65. The second-order valence-corrected chi connectivity index (χ2v) is 8.65. The van der Waals surface area contributed by atoms with E-state index in [0.29, 0.717) is 6.04 Å². The zero-order valence-corrected chi connectivity index (χ0v) is 17.0.